The van der Waals surface area contributed by atoms with Crippen molar-refractivity contribution in [3.05, 3.63) is 23.5 Å². The van der Waals surface area contributed by atoms with Gasteiger partial charge >= 0.3 is 59.1 Å². The summed E-state index contributed by atoms with van der Waals surface area (Å²) < 4.78 is 31.7. The summed E-state index contributed by atoms with van der Waals surface area (Å²) in [6.45, 7) is 3.89. The molecule has 0 aromatic rings. The van der Waals surface area contributed by atoms with Crippen molar-refractivity contribution in [1.82, 2.24) is 0 Å². The number of aliphatic hydroxyl groups excluding tert-OH is 2. The Bertz CT molecular complexity index is 1010. The number of hydrogen-bond acceptors (Lipinski definition) is 9. The molecule has 3 saturated carbocycles. The van der Waals surface area contributed by atoms with E-state index in [4.69, 9.17) is 0 Å². The zero-order chi connectivity index (χ0) is 24.7. The molecule has 13 heteroatoms. The Balaban J connectivity index is 0.00000216. The number of fused-ring (bicyclic) bond motifs is 5. The molecule has 0 radical (unpaired) electrons. The Morgan fingerprint density at radius 3 is 2.40 bits per heavy atom. The Morgan fingerprint density at radius 1 is 1.26 bits per heavy atom. The van der Waals surface area contributed by atoms with Crippen molar-refractivity contribution in [3.8, 4) is 0 Å². The summed E-state index contributed by atoms with van der Waals surface area (Å²) >= 11 is 0. The molecule has 9 nitrogen and oxygen atoms in total. The van der Waals surface area contributed by atoms with E-state index in [2.05, 4.69) is 4.52 Å². The second-order valence-electron chi connectivity index (χ2n) is 10.4. The Morgan fingerprint density at radius 2 is 1.86 bits per heavy atom. The van der Waals surface area contributed by atoms with E-state index in [0.717, 1.165) is 12.2 Å². The van der Waals surface area contributed by atoms with Gasteiger partial charge in [0.05, 0.1) is 11.5 Å². The second kappa shape index (κ2) is 10.3. The minimum atomic E-state index is -5.60. The van der Waals surface area contributed by atoms with Gasteiger partial charge in [-0.25, -0.2) is 4.39 Å². The monoisotopic (exact) mass is 532 g/mol. The van der Waals surface area contributed by atoms with Crippen LogP contribution >= 0.6 is 7.82 Å². The van der Waals surface area contributed by atoms with Gasteiger partial charge in [0.25, 0.3) is 0 Å². The van der Waals surface area contributed by atoms with Crippen LogP contribution in [-0.4, -0.2) is 51.4 Å². The number of carbonyl (C=O) groups excluding carboxylic acids is 2. The summed E-state index contributed by atoms with van der Waals surface area (Å²) in [6.07, 6.45) is -0.946. The molecule has 4 aliphatic rings. The summed E-state index contributed by atoms with van der Waals surface area (Å²) in [5, 5.41) is 32.3. The number of allylic oxidation sites excluding steroid dienone is 3. The van der Waals surface area contributed by atoms with E-state index in [9.17, 15) is 39.3 Å². The molecule has 4 rings (SSSR count). The minimum Gasteiger partial charge on any atom is -0.780 e. The number of Topliss-reactive ketones (excluding diaryl/α,β-unsaturated/α-hetero) is 1. The number of alkyl halides is 1. The fourth-order valence-electron chi connectivity index (χ4n) is 7.69. The third kappa shape index (κ3) is 4.57. The van der Waals surface area contributed by atoms with Crippen LogP contribution in [0.4, 0.5) is 4.39 Å². The molecule has 9 atom stereocenters. The first-order chi connectivity index (χ1) is 15.1. The average Bonchev–Trinajstić information content (AvgIpc) is 2.89. The summed E-state index contributed by atoms with van der Waals surface area (Å²) in [5.41, 5.74) is -4.76. The van der Waals surface area contributed by atoms with Crippen LogP contribution in [0.15, 0.2) is 23.5 Å². The third-order valence-electron chi connectivity index (χ3n) is 8.98. The van der Waals surface area contributed by atoms with Gasteiger partial charge in [-0.1, -0.05) is 13.8 Å². The van der Waals surface area contributed by atoms with E-state index >= 15 is 4.39 Å². The predicted molar refractivity (Wildman–Crippen MR) is 108 cm³/mol. The standard InChI is InChI=1S/C22H30FO9P.2Na/c1-10-4-13-12-7-15(23)14-5-11(25)6-18(32-33(29,30)31)21(14,3)19(12)16(26)8-20(13,2)22(10,28)17(27)9-24;;/h5-6,10,12-13,15-16,19,24,26,28H,4,7-9H2,1-3H3,(H2,29,30,31);;/q;2*+1/p-2/t10?,12-,13-,15?,16-,19+,20-,21+,22-;;/m0../s1. The van der Waals surface area contributed by atoms with E-state index in [1.54, 1.807) is 13.8 Å². The molecule has 0 aliphatic heterocycles. The summed E-state index contributed by atoms with van der Waals surface area (Å²) in [7, 11) is -5.60. The molecule has 0 bridgehead atoms. The first-order valence-electron chi connectivity index (χ1n) is 11.0. The van der Waals surface area contributed by atoms with Crippen molar-refractivity contribution in [2.24, 2.45) is 34.5 Å². The summed E-state index contributed by atoms with van der Waals surface area (Å²) in [4.78, 5) is 47.7. The SMILES string of the molecule is CC1C[C@H]2[C@@H]3CC(F)C4=CC(=O)C=C(OP(=O)([O-])[O-])[C@]4(C)[C@H]3[C@@H](O)C[C@]2(C)[C@@]1(O)C(=O)CO.[Na+].[Na+]. The number of phosphoric acid groups is 1. The Hall–Kier alpha value is 0.580. The van der Waals surface area contributed by atoms with E-state index < -0.39 is 84.1 Å². The summed E-state index contributed by atoms with van der Waals surface area (Å²) in [6, 6.07) is 0. The number of ketones is 2. The molecular weight excluding hydrogens is 504 g/mol. The number of rotatable bonds is 4. The van der Waals surface area contributed by atoms with Crippen LogP contribution in [-0.2, 0) is 18.7 Å². The zero-order valence-corrected chi connectivity index (χ0v) is 25.5. The van der Waals surface area contributed by atoms with E-state index in [0.29, 0.717) is 6.42 Å². The van der Waals surface area contributed by atoms with Crippen LogP contribution in [0.3, 0.4) is 0 Å². The van der Waals surface area contributed by atoms with Crippen LogP contribution < -0.4 is 68.9 Å². The number of carbonyl (C=O) groups is 2. The smallest absolute Gasteiger partial charge is 0.780 e. The predicted octanol–water partition coefficient (Wildman–Crippen LogP) is -6.07. The molecule has 2 unspecified atom stereocenters. The van der Waals surface area contributed by atoms with Gasteiger partial charge in [-0.2, -0.15) is 0 Å². The van der Waals surface area contributed by atoms with E-state index in [1.165, 1.54) is 6.92 Å². The first-order valence-corrected chi connectivity index (χ1v) is 12.5. The van der Waals surface area contributed by atoms with Gasteiger partial charge in [0.1, 0.15) is 32.0 Å². The molecule has 0 aromatic heterocycles. The number of phosphoric ester groups is 1. The van der Waals surface area contributed by atoms with Crippen molar-refractivity contribution in [3.63, 3.8) is 0 Å². The van der Waals surface area contributed by atoms with Crippen LogP contribution in [0, 0.1) is 34.5 Å². The molecule has 3 fully saturated rings. The van der Waals surface area contributed by atoms with E-state index in [-0.39, 0.29) is 77.5 Å². The molecule has 3 N–H and O–H groups in total. The quantitative estimate of drug-likeness (QED) is 0.236. The zero-order valence-electron chi connectivity index (χ0n) is 20.6. The van der Waals surface area contributed by atoms with Crippen LogP contribution in [0.25, 0.3) is 0 Å². The maximum Gasteiger partial charge on any atom is 1.00 e. The van der Waals surface area contributed by atoms with Crippen molar-refractivity contribution < 1.29 is 107 Å². The van der Waals surface area contributed by atoms with Crippen molar-refractivity contribution >= 4 is 19.4 Å². The third-order valence-corrected chi connectivity index (χ3v) is 9.40. The van der Waals surface area contributed by atoms with Crippen molar-refractivity contribution in [2.75, 3.05) is 6.61 Å². The molecular formula is C22H28FNa2O9P. The van der Waals surface area contributed by atoms with Gasteiger partial charge in [0.15, 0.2) is 11.6 Å². The van der Waals surface area contributed by atoms with Crippen LogP contribution in [0.5, 0.6) is 0 Å². The maximum absolute atomic E-state index is 15.6. The molecule has 0 aromatic carbocycles. The molecule has 35 heavy (non-hydrogen) atoms. The van der Waals surface area contributed by atoms with Crippen LogP contribution in [0.1, 0.15) is 40.0 Å². The van der Waals surface area contributed by atoms with Crippen LogP contribution in [0.2, 0.25) is 0 Å². The van der Waals surface area contributed by atoms with Gasteiger partial charge in [-0.05, 0) is 55.6 Å². The molecule has 0 spiro atoms. The first kappa shape index (κ1) is 31.8. The molecule has 184 valence electrons. The normalized spacial score (nSPS) is 44.4. The van der Waals surface area contributed by atoms with Gasteiger partial charge in [0, 0.05) is 17.4 Å². The van der Waals surface area contributed by atoms with Crippen molar-refractivity contribution in [1.29, 1.82) is 0 Å². The second-order valence-corrected chi connectivity index (χ2v) is 11.5. The van der Waals surface area contributed by atoms with Gasteiger partial charge in [-0.15, -0.1) is 0 Å². The Kier molecular flexibility index (Phi) is 9.34. The van der Waals surface area contributed by atoms with E-state index in [1.807, 2.05) is 0 Å². The van der Waals surface area contributed by atoms with Gasteiger partial charge in [0.2, 0.25) is 0 Å². The fraction of sp³-hybridized carbons (Fsp3) is 0.727. The maximum atomic E-state index is 15.6. The van der Waals surface area contributed by atoms with Gasteiger partial charge in [-0.3, -0.25) is 9.59 Å². The average molecular weight is 532 g/mol. The van der Waals surface area contributed by atoms with Gasteiger partial charge < -0.3 is 34.2 Å². The molecule has 0 heterocycles. The molecule has 4 aliphatic carbocycles. The number of halogens is 1. The Labute approximate surface area is 247 Å². The number of hydrogen-bond donors (Lipinski definition) is 3. The topological polar surface area (TPSA) is 167 Å². The summed E-state index contributed by atoms with van der Waals surface area (Å²) in [5.74, 6) is -4.51. The molecule has 0 amide bonds. The minimum absolute atomic E-state index is 0. The largest absolute Gasteiger partial charge is 1.00 e. The molecule has 0 saturated heterocycles. The van der Waals surface area contributed by atoms with Crippen molar-refractivity contribution in [2.45, 2.75) is 57.9 Å². The number of aliphatic hydroxyl groups is 3. The fourth-order valence-corrected chi connectivity index (χ4v) is 8.18.